The quantitative estimate of drug-likeness (QED) is 0.308. The van der Waals surface area contributed by atoms with Gasteiger partial charge in [0.1, 0.15) is 18.1 Å². The van der Waals surface area contributed by atoms with Gasteiger partial charge in [0.15, 0.2) is 11.5 Å². The molecule has 1 aromatic heterocycles. The van der Waals surface area contributed by atoms with Gasteiger partial charge >= 0.3 is 0 Å². The van der Waals surface area contributed by atoms with Crippen molar-refractivity contribution in [1.29, 1.82) is 0 Å². The van der Waals surface area contributed by atoms with Gasteiger partial charge in [-0.05, 0) is 47.5 Å². The Morgan fingerprint density at radius 2 is 1.85 bits per heavy atom. The molecule has 0 saturated carbocycles. The third-order valence-corrected chi connectivity index (χ3v) is 4.77. The van der Waals surface area contributed by atoms with Gasteiger partial charge in [0.05, 0.1) is 19.0 Å². The molecular formula is C25H21FN4O3. The molecule has 0 spiro atoms. The fraction of sp³-hybridized carbons (Fsp3) is 0.0800. The summed E-state index contributed by atoms with van der Waals surface area (Å²) in [5.74, 6) is 0.366. The number of carbonyl (C=O) groups is 1. The summed E-state index contributed by atoms with van der Waals surface area (Å²) in [5, 5.41) is 10.8. The van der Waals surface area contributed by atoms with Gasteiger partial charge < -0.3 is 9.47 Å². The van der Waals surface area contributed by atoms with E-state index in [-0.39, 0.29) is 11.5 Å². The third-order valence-electron chi connectivity index (χ3n) is 4.77. The fourth-order valence-electron chi connectivity index (χ4n) is 3.04. The Kier molecular flexibility index (Phi) is 6.75. The minimum Gasteiger partial charge on any atom is -0.493 e. The molecule has 0 saturated heterocycles. The maximum Gasteiger partial charge on any atom is 0.289 e. The number of ether oxygens (including phenoxy) is 2. The Morgan fingerprint density at radius 3 is 2.61 bits per heavy atom. The van der Waals surface area contributed by atoms with E-state index >= 15 is 0 Å². The molecule has 0 aliphatic heterocycles. The Morgan fingerprint density at radius 1 is 1.06 bits per heavy atom. The first-order chi connectivity index (χ1) is 16.1. The van der Waals surface area contributed by atoms with Crippen LogP contribution in [0.25, 0.3) is 11.3 Å². The Hall–Kier alpha value is -4.46. The van der Waals surface area contributed by atoms with E-state index in [1.54, 1.807) is 37.4 Å². The number of carbonyl (C=O) groups excluding carboxylic acids is 1. The van der Waals surface area contributed by atoms with E-state index in [2.05, 4.69) is 20.7 Å². The Bertz CT molecular complexity index is 1250. The highest BCUT2D eigenvalue weighted by atomic mass is 19.1. The van der Waals surface area contributed by atoms with Crippen LogP contribution >= 0.6 is 0 Å². The van der Waals surface area contributed by atoms with Crippen molar-refractivity contribution in [2.75, 3.05) is 7.11 Å². The first-order valence-corrected chi connectivity index (χ1v) is 10.1. The van der Waals surface area contributed by atoms with Gasteiger partial charge in [0.2, 0.25) is 0 Å². The number of hydrogen-bond donors (Lipinski definition) is 2. The van der Waals surface area contributed by atoms with Crippen molar-refractivity contribution in [3.8, 4) is 22.8 Å². The average molecular weight is 444 g/mol. The van der Waals surface area contributed by atoms with E-state index in [0.717, 1.165) is 11.1 Å². The average Bonchev–Trinajstić information content (AvgIpc) is 3.35. The number of nitrogens with one attached hydrogen (secondary N) is 2. The second kappa shape index (κ2) is 10.2. The number of nitrogens with zero attached hydrogens (tertiary/aromatic N) is 2. The summed E-state index contributed by atoms with van der Waals surface area (Å²) in [4.78, 5) is 12.3. The molecule has 0 atom stereocenters. The number of methoxy groups -OCH3 is 1. The molecule has 1 heterocycles. The van der Waals surface area contributed by atoms with Crippen LogP contribution in [-0.4, -0.2) is 29.4 Å². The number of rotatable bonds is 8. The van der Waals surface area contributed by atoms with Crippen molar-refractivity contribution in [1.82, 2.24) is 15.6 Å². The Labute approximate surface area is 189 Å². The molecule has 166 valence electrons. The number of amides is 1. The second-order valence-electron chi connectivity index (χ2n) is 7.06. The molecule has 0 aliphatic rings. The van der Waals surface area contributed by atoms with E-state index in [0.29, 0.717) is 29.4 Å². The summed E-state index contributed by atoms with van der Waals surface area (Å²) in [7, 11) is 1.57. The van der Waals surface area contributed by atoms with Crippen LogP contribution in [0.15, 0.2) is 84.0 Å². The molecule has 7 nitrogen and oxygen atoms in total. The van der Waals surface area contributed by atoms with Gasteiger partial charge in [0, 0.05) is 5.56 Å². The van der Waals surface area contributed by atoms with Crippen LogP contribution in [0.4, 0.5) is 4.39 Å². The molecule has 4 rings (SSSR count). The van der Waals surface area contributed by atoms with Gasteiger partial charge in [0.25, 0.3) is 5.91 Å². The predicted octanol–water partition coefficient (Wildman–Crippen LogP) is 4.57. The van der Waals surface area contributed by atoms with Crippen LogP contribution < -0.4 is 14.9 Å². The molecule has 0 fully saturated rings. The number of aromatic amines is 1. The maximum atomic E-state index is 12.9. The molecule has 2 N–H and O–H groups in total. The van der Waals surface area contributed by atoms with E-state index in [4.69, 9.17) is 9.47 Å². The van der Waals surface area contributed by atoms with E-state index < -0.39 is 5.91 Å². The van der Waals surface area contributed by atoms with Crippen LogP contribution in [0.3, 0.4) is 0 Å². The van der Waals surface area contributed by atoms with Crippen LogP contribution in [0, 0.1) is 5.82 Å². The first-order valence-electron chi connectivity index (χ1n) is 10.1. The standard InChI is InChI=1S/C25H21FN4O3/c1-32-24-13-19(9-12-23(24)33-16-18-5-3-2-4-6-18)21-14-22(29-28-21)25(31)30-27-15-17-7-10-20(26)11-8-17/h2-15H,16H2,1H3,(H,28,29)(H,30,31). The summed E-state index contributed by atoms with van der Waals surface area (Å²) in [6.07, 6.45) is 1.42. The molecule has 8 heteroatoms. The number of H-pyrrole nitrogens is 1. The normalized spacial score (nSPS) is 10.8. The highest BCUT2D eigenvalue weighted by molar-refractivity contribution is 5.94. The lowest BCUT2D eigenvalue weighted by molar-refractivity contribution is 0.0950. The van der Waals surface area contributed by atoms with Crippen molar-refractivity contribution in [3.63, 3.8) is 0 Å². The number of halogens is 1. The molecule has 3 aromatic carbocycles. The molecular weight excluding hydrogens is 423 g/mol. The highest BCUT2D eigenvalue weighted by Crippen LogP contribution is 2.32. The SMILES string of the molecule is COc1cc(-c2cc(C(=O)NN=Cc3ccc(F)cc3)[nH]n2)ccc1OCc1ccccc1. The molecule has 0 bridgehead atoms. The molecule has 4 aromatic rings. The van der Waals surface area contributed by atoms with Crippen molar-refractivity contribution in [2.45, 2.75) is 6.61 Å². The maximum absolute atomic E-state index is 12.9. The topological polar surface area (TPSA) is 88.6 Å². The lowest BCUT2D eigenvalue weighted by atomic mass is 10.1. The van der Waals surface area contributed by atoms with Crippen LogP contribution in [-0.2, 0) is 6.61 Å². The van der Waals surface area contributed by atoms with Gasteiger partial charge in [-0.15, -0.1) is 0 Å². The summed E-state index contributed by atoms with van der Waals surface area (Å²) >= 11 is 0. The molecule has 0 aliphatic carbocycles. The smallest absolute Gasteiger partial charge is 0.289 e. The molecule has 0 radical (unpaired) electrons. The number of benzene rings is 3. The second-order valence-corrected chi connectivity index (χ2v) is 7.06. The van der Waals surface area contributed by atoms with Crippen molar-refractivity contribution in [2.24, 2.45) is 5.10 Å². The van der Waals surface area contributed by atoms with E-state index in [9.17, 15) is 9.18 Å². The van der Waals surface area contributed by atoms with E-state index in [1.165, 1.54) is 18.3 Å². The number of hydrogen-bond acceptors (Lipinski definition) is 5. The van der Waals surface area contributed by atoms with Crippen LogP contribution in [0.2, 0.25) is 0 Å². The summed E-state index contributed by atoms with van der Waals surface area (Å²) in [6, 6.07) is 22.6. The van der Waals surface area contributed by atoms with Gasteiger partial charge in [-0.1, -0.05) is 42.5 Å². The summed E-state index contributed by atoms with van der Waals surface area (Å²) < 4.78 is 24.3. The lowest BCUT2D eigenvalue weighted by Gasteiger charge is -2.11. The zero-order valence-electron chi connectivity index (χ0n) is 17.8. The Balaban J connectivity index is 1.41. The monoisotopic (exact) mass is 444 g/mol. The van der Waals surface area contributed by atoms with Crippen molar-refractivity contribution < 1.29 is 18.7 Å². The predicted molar refractivity (Wildman–Crippen MR) is 123 cm³/mol. The number of aromatic nitrogens is 2. The summed E-state index contributed by atoms with van der Waals surface area (Å²) in [6.45, 7) is 0.418. The highest BCUT2D eigenvalue weighted by Gasteiger charge is 2.13. The summed E-state index contributed by atoms with van der Waals surface area (Å²) in [5.41, 5.74) is 5.68. The van der Waals surface area contributed by atoms with Gasteiger partial charge in [-0.3, -0.25) is 9.89 Å². The van der Waals surface area contributed by atoms with Crippen LogP contribution in [0.5, 0.6) is 11.5 Å². The molecule has 1 amide bonds. The van der Waals surface area contributed by atoms with Crippen molar-refractivity contribution in [3.05, 3.63) is 102 Å². The van der Waals surface area contributed by atoms with Crippen molar-refractivity contribution >= 4 is 12.1 Å². The third kappa shape index (κ3) is 5.62. The number of hydrazone groups is 1. The lowest BCUT2D eigenvalue weighted by Crippen LogP contribution is -2.17. The van der Waals surface area contributed by atoms with Crippen LogP contribution in [0.1, 0.15) is 21.6 Å². The molecule has 33 heavy (non-hydrogen) atoms. The largest absolute Gasteiger partial charge is 0.493 e. The zero-order valence-corrected chi connectivity index (χ0v) is 17.8. The molecule has 0 unspecified atom stereocenters. The van der Waals surface area contributed by atoms with E-state index in [1.807, 2.05) is 36.4 Å². The van der Waals surface area contributed by atoms with Gasteiger partial charge in [-0.25, -0.2) is 9.82 Å². The van der Waals surface area contributed by atoms with Gasteiger partial charge in [-0.2, -0.15) is 10.2 Å². The minimum absolute atomic E-state index is 0.240. The minimum atomic E-state index is -0.457. The first kappa shape index (κ1) is 21.8. The fourth-order valence-corrected chi connectivity index (χ4v) is 3.04. The zero-order chi connectivity index (χ0) is 23.0.